The third-order valence-corrected chi connectivity index (χ3v) is 1.66. The van der Waals surface area contributed by atoms with Gasteiger partial charge in [-0.15, -0.1) is 0 Å². The summed E-state index contributed by atoms with van der Waals surface area (Å²) in [5, 5.41) is 10.4. The molecule has 0 saturated carbocycles. The standard InChI is InChI=1S/C8H5F2NO4/c1-15-8(12)6-5(11(13)14)3-2-4(9)7(6)10/h2-3H,1H3. The van der Waals surface area contributed by atoms with Crippen LogP contribution in [0, 0.1) is 21.7 Å². The van der Waals surface area contributed by atoms with E-state index in [2.05, 4.69) is 4.74 Å². The molecule has 0 aliphatic rings. The van der Waals surface area contributed by atoms with Crippen molar-refractivity contribution in [3.8, 4) is 0 Å². The number of carbonyl (C=O) groups is 1. The van der Waals surface area contributed by atoms with Gasteiger partial charge in [-0.1, -0.05) is 0 Å². The molecular formula is C8H5F2NO4. The SMILES string of the molecule is COC(=O)c1c([N+](=O)[O-])ccc(F)c1F. The number of nitro groups is 1. The third-order valence-electron chi connectivity index (χ3n) is 1.66. The largest absolute Gasteiger partial charge is 0.465 e. The van der Waals surface area contributed by atoms with E-state index in [9.17, 15) is 23.7 Å². The molecular weight excluding hydrogens is 212 g/mol. The first kappa shape index (κ1) is 11.0. The zero-order chi connectivity index (χ0) is 11.6. The van der Waals surface area contributed by atoms with E-state index in [1.54, 1.807) is 0 Å². The molecule has 5 nitrogen and oxygen atoms in total. The second-order valence-electron chi connectivity index (χ2n) is 2.50. The van der Waals surface area contributed by atoms with Gasteiger partial charge in [0.25, 0.3) is 5.69 Å². The summed E-state index contributed by atoms with van der Waals surface area (Å²) < 4.78 is 29.9. The van der Waals surface area contributed by atoms with Gasteiger partial charge in [-0.05, 0) is 6.07 Å². The van der Waals surface area contributed by atoms with Gasteiger partial charge in [-0.3, -0.25) is 10.1 Å². The molecule has 0 bridgehead atoms. The molecule has 0 spiro atoms. The number of nitrogens with zero attached hydrogens (tertiary/aromatic N) is 1. The van der Waals surface area contributed by atoms with E-state index < -0.39 is 33.8 Å². The second kappa shape index (κ2) is 3.99. The molecule has 80 valence electrons. The molecule has 0 heterocycles. The number of ether oxygens (including phenoxy) is 1. The Morgan fingerprint density at radius 1 is 1.47 bits per heavy atom. The lowest BCUT2D eigenvalue weighted by atomic mass is 10.1. The smallest absolute Gasteiger partial charge is 0.348 e. The lowest BCUT2D eigenvalue weighted by Gasteiger charge is -2.02. The van der Waals surface area contributed by atoms with Crippen molar-refractivity contribution >= 4 is 11.7 Å². The molecule has 0 N–H and O–H groups in total. The maximum Gasteiger partial charge on any atom is 0.348 e. The quantitative estimate of drug-likeness (QED) is 0.429. The second-order valence-corrected chi connectivity index (χ2v) is 2.50. The molecule has 1 aromatic rings. The Hall–Kier alpha value is -2.05. The Bertz CT molecular complexity index is 433. The van der Waals surface area contributed by atoms with E-state index in [1.165, 1.54) is 0 Å². The Balaban J connectivity index is 3.48. The van der Waals surface area contributed by atoms with Gasteiger partial charge in [0.05, 0.1) is 12.0 Å². The molecule has 1 rings (SSSR count). The molecule has 7 heteroatoms. The van der Waals surface area contributed by atoms with Crippen LogP contribution in [0.15, 0.2) is 12.1 Å². The molecule has 0 radical (unpaired) electrons. The van der Waals surface area contributed by atoms with E-state index in [4.69, 9.17) is 0 Å². The van der Waals surface area contributed by atoms with E-state index >= 15 is 0 Å². The van der Waals surface area contributed by atoms with Crippen molar-refractivity contribution in [3.63, 3.8) is 0 Å². The van der Waals surface area contributed by atoms with Crippen LogP contribution < -0.4 is 0 Å². The highest BCUT2D eigenvalue weighted by molar-refractivity contribution is 5.94. The normalized spacial score (nSPS) is 9.80. The van der Waals surface area contributed by atoms with E-state index in [-0.39, 0.29) is 0 Å². The number of esters is 1. The number of rotatable bonds is 2. The van der Waals surface area contributed by atoms with Gasteiger partial charge < -0.3 is 4.74 Å². The third kappa shape index (κ3) is 1.90. The molecule has 0 aliphatic heterocycles. The predicted molar refractivity (Wildman–Crippen MR) is 44.4 cm³/mol. The van der Waals surface area contributed by atoms with Crippen LogP contribution in [0.2, 0.25) is 0 Å². The molecule has 0 atom stereocenters. The van der Waals surface area contributed by atoms with Gasteiger partial charge in [0, 0.05) is 6.07 Å². The van der Waals surface area contributed by atoms with Crippen LogP contribution in [0.25, 0.3) is 0 Å². The maximum absolute atomic E-state index is 13.1. The molecule has 0 aromatic heterocycles. The Labute approximate surface area is 82.4 Å². The number of halogens is 2. The van der Waals surface area contributed by atoms with E-state index in [1.807, 2.05) is 0 Å². The average molecular weight is 217 g/mol. The number of hydrogen-bond donors (Lipinski definition) is 0. The number of methoxy groups -OCH3 is 1. The van der Waals surface area contributed by atoms with Crippen LogP contribution in [0.1, 0.15) is 10.4 Å². The molecule has 0 saturated heterocycles. The van der Waals surface area contributed by atoms with Crippen LogP contribution in [-0.4, -0.2) is 18.0 Å². The number of hydrogen-bond acceptors (Lipinski definition) is 4. The molecule has 0 amide bonds. The van der Waals surface area contributed by atoms with Crippen molar-refractivity contribution in [2.75, 3.05) is 7.11 Å². The van der Waals surface area contributed by atoms with Crippen molar-refractivity contribution in [1.29, 1.82) is 0 Å². The zero-order valence-electron chi connectivity index (χ0n) is 7.49. The van der Waals surface area contributed by atoms with Crippen molar-refractivity contribution in [2.45, 2.75) is 0 Å². The fraction of sp³-hybridized carbons (Fsp3) is 0.125. The van der Waals surface area contributed by atoms with Crippen molar-refractivity contribution in [1.82, 2.24) is 0 Å². The summed E-state index contributed by atoms with van der Waals surface area (Å²) in [5.41, 5.74) is -1.84. The Morgan fingerprint density at radius 2 is 2.07 bits per heavy atom. The topological polar surface area (TPSA) is 69.4 Å². The molecule has 1 aromatic carbocycles. The first-order valence-electron chi connectivity index (χ1n) is 3.69. The fourth-order valence-corrected chi connectivity index (χ4v) is 0.989. The summed E-state index contributed by atoms with van der Waals surface area (Å²) in [6.45, 7) is 0. The van der Waals surface area contributed by atoms with Gasteiger partial charge in [0.2, 0.25) is 0 Å². The summed E-state index contributed by atoms with van der Waals surface area (Å²) in [7, 11) is 0.913. The molecule has 0 unspecified atom stereocenters. The highest BCUT2D eigenvalue weighted by Crippen LogP contribution is 2.24. The summed E-state index contributed by atoms with van der Waals surface area (Å²) in [5.74, 6) is -4.23. The monoisotopic (exact) mass is 217 g/mol. The fourth-order valence-electron chi connectivity index (χ4n) is 0.989. The lowest BCUT2D eigenvalue weighted by molar-refractivity contribution is -0.385. The minimum atomic E-state index is -1.59. The summed E-state index contributed by atoms with van der Waals surface area (Å²) in [4.78, 5) is 20.4. The maximum atomic E-state index is 13.1. The van der Waals surface area contributed by atoms with Crippen LogP contribution in [0.3, 0.4) is 0 Å². The van der Waals surface area contributed by atoms with E-state index in [0.29, 0.717) is 12.1 Å². The Kier molecular flexibility index (Phi) is 2.93. The number of benzene rings is 1. The van der Waals surface area contributed by atoms with Crippen molar-refractivity contribution in [3.05, 3.63) is 39.4 Å². The van der Waals surface area contributed by atoms with Crippen molar-refractivity contribution < 1.29 is 23.2 Å². The number of nitro benzene ring substituents is 1. The molecule has 15 heavy (non-hydrogen) atoms. The van der Waals surface area contributed by atoms with Crippen LogP contribution in [0.5, 0.6) is 0 Å². The van der Waals surface area contributed by atoms with Gasteiger partial charge in [-0.25, -0.2) is 13.6 Å². The highest BCUT2D eigenvalue weighted by Gasteiger charge is 2.27. The first-order chi connectivity index (χ1) is 6.99. The van der Waals surface area contributed by atoms with Crippen molar-refractivity contribution in [2.24, 2.45) is 0 Å². The van der Waals surface area contributed by atoms with Crippen LogP contribution >= 0.6 is 0 Å². The van der Waals surface area contributed by atoms with E-state index in [0.717, 1.165) is 7.11 Å². The van der Waals surface area contributed by atoms with Gasteiger partial charge in [-0.2, -0.15) is 0 Å². The predicted octanol–water partition coefficient (Wildman–Crippen LogP) is 1.66. The van der Waals surface area contributed by atoms with Crippen LogP contribution in [0.4, 0.5) is 14.5 Å². The van der Waals surface area contributed by atoms with Gasteiger partial charge in [0.15, 0.2) is 17.2 Å². The lowest BCUT2D eigenvalue weighted by Crippen LogP contribution is -2.10. The first-order valence-corrected chi connectivity index (χ1v) is 3.69. The highest BCUT2D eigenvalue weighted by atomic mass is 19.2. The molecule has 0 aliphatic carbocycles. The average Bonchev–Trinajstić information content (AvgIpc) is 2.20. The number of carbonyl (C=O) groups excluding carboxylic acids is 1. The molecule has 0 fully saturated rings. The minimum Gasteiger partial charge on any atom is -0.465 e. The zero-order valence-corrected chi connectivity index (χ0v) is 7.49. The van der Waals surface area contributed by atoms with Gasteiger partial charge in [0.1, 0.15) is 0 Å². The summed E-state index contributed by atoms with van der Waals surface area (Å²) in [6.07, 6.45) is 0. The minimum absolute atomic E-state index is 0.569. The van der Waals surface area contributed by atoms with Gasteiger partial charge >= 0.3 is 5.97 Å². The van der Waals surface area contributed by atoms with Crippen LogP contribution in [-0.2, 0) is 4.74 Å². The summed E-state index contributed by atoms with van der Waals surface area (Å²) >= 11 is 0. The summed E-state index contributed by atoms with van der Waals surface area (Å²) in [6, 6.07) is 1.27. The Morgan fingerprint density at radius 3 is 2.53 bits per heavy atom.